The predicted molar refractivity (Wildman–Crippen MR) is 5.40 cm³/mol. The quantitative estimate of drug-likeness (QED) is 0.476. The first-order valence-electron chi connectivity index (χ1n) is 0.537. The third-order valence-corrected chi connectivity index (χ3v) is 0. The van der Waals surface area contributed by atoms with Gasteiger partial charge in [-0.25, -0.2) is 0 Å². The molecule has 0 saturated heterocycles. The predicted octanol–water partition coefficient (Wildman–Crippen LogP) is 0.200. The van der Waals surface area contributed by atoms with Gasteiger partial charge in [-0.1, -0.05) is 0 Å². The first kappa shape index (κ1) is 4.68. The van der Waals surface area contributed by atoms with Crippen molar-refractivity contribution < 1.29 is 36.3 Å². The molecule has 0 aromatic carbocycles. The minimum absolute atomic E-state index is 0.458. The molecule has 0 fully saturated rings. The molecule has 0 rings (SSSR count). The second-order valence-corrected chi connectivity index (χ2v) is 1.51. The van der Waals surface area contributed by atoms with Crippen molar-refractivity contribution in [3.05, 3.63) is 0 Å². The van der Waals surface area contributed by atoms with Crippen molar-refractivity contribution >= 4 is 3.65 Å². The second kappa shape index (κ2) is 1.95. The summed E-state index contributed by atoms with van der Waals surface area (Å²) in [7, 11) is 0. The molecule has 0 amide bonds. The van der Waals surface area contributed by atoms with Crippen LogP contribution in [0.25, 0.3) is 0 Å². The Morgan fingerprint density at radius 1 is 1.50 bits per heavy atom. The molecule has 0 atom stereocenters. The van der Waals surface area contributed by atoms with E-state index in [4.69, 9.17) is 4.79 Å². The zero-order valence-electron chi connectivity index (χ0n) is 1.57. The molecule has 3 heteroatoms. The summed E-state index contributed by atoms with van der Waals surface area (Å²) in [4.78, 5) is 9.17. The molecular formula is CCo2O. The van der Waals surface area contributed by atoms with Crippen LogP contribution in [0.3, 0.4) is 0 Å². The fourth-order valence-electron chi connectivity index (χ4n) is 0. The van der Waals surface area contributed by atoms with Crippen molar-refractivity contribution in [3.8, 4) is 0 Å². The maximum atomic E-state index is 9.17. The molecule has 0 bridgehead atoms. The Morgan fingerprint density at radius 2 is 1.50 bits per heavy atom. The molecule has 28 valence electrons. The Kier molecular flexibility index (Phi) is 2.29. The summed E-state index contributed by atoms with van der Waals surface area (Å²) in [6, 6.07) is 0. The molecular weight excluding hydrogens is 146 g/mol. The Balaban J connectivity index is 2.80. The average molecular weight is 146 g/mol. The van der Waals surface area contributed by atoms with Crippen LogP contribution < -0.4 is 0 Å². The first-order valence-corrected chi connectivity index (χ1v) is 1.58. The number of hydrogen-bond donors (Lipinski definition) is 0. The molecule has 0 aliphatic carbocycles. The monoisotopic (exact) mass is 146 g/mol. The van der Waals surface area contributed by atoms with Crippen molar-refractivity contribution in [1.29, 1.82) is 0 Å². The second-order valence-electron chi connectivity index (χ2n) is 0.192. The van der Waals surface area contributed by atoms with E-state index in [0.29, 0.717) is 0 Å². The summed E-state index contributed by atoms with van der Waals surface area (Å²) in [5, 5.41) is 0. The average Bonchev–Trinajstić information content (AvgIpc) is 0.811. The van der Waals surface area contributed by atoms with Gasteiger partial charge in [0, 0.05) is 0 Å². The summed E-state index contributed by atoms with van der Waals surface area (Å²) in [6.07, 6.45) is 0. The maximum absolute atomic E-state index is 9.17. The topological polar surface area (TPSA) is 17.1 Å². The van der Waals surface area contributed by atoms with E-state index >= 15 is 0 Å². The van der Waals surface area contributed by atoms with Crippen molar-refractivity contribution in [1.82, 2.24) is 0 Å². The van der Waals surface area contributed by atoms with Gasteiger partial charge in [-0.15, -0.1) is 0 Å². The standard InChI is InChI=1S/CO.2Co/c1-2;;. The number of carbonyl (C=O) groups excluding carboxylic acids is 1. The fourth-order valence-corrected chi connectivity index (χ4v) is 0. The first-order chi connectivity index (χ1) is 1.73. The molecule has 1 nitrogen and oxygen atoms in total. The van der Waals surface area contributed by atoms with Gasteiger partial charge in [-0.3, -0.25) is 0 Å². The van der Waals surface area contributed by atoms with E-state index in [2.05, 4.69) is 31.5 Å². The van der Waals surface area contributed by atoms with Crippen LogP contribution in [0.2, 0.25) is 0 Å². The summed E-state index contributed by atoms with van der Waals surface area (Å²) < 4.78 is -0.458. The zero-order valence-corrected chi connectivity index (χ0v) is 3.66. The van der Waals surface area contributed by atoms with Crippen LogP contribution in [-0.4, -0.2) is 3.65 Å². The van der Waals surface area contributed by atoms with Crippen molar-refractivity contribution in [2.24, 2.45) is 0 Å². The molecule has 0 heterocycles. The van der Waals surface area contributed by atoms with Gasteiger partial charge < -0.3 is 0 Å². The molecule has 0 radical (unpaired) electrons. The van der Waals surface area contributed by atoms with Crippen LogP contribution in [0.1, 0.15) is 0 Å². The van der Waals surface area contributed by atoms with Gasteiger partial charge in [0.15, 0.2) is 0 Å². The van der Waals surface area contributed by atoms with Gasteiger partial charge in [-0.05, 0) is 0 Å². The fraction of sp³-hybridized carbons (Fsp3) is 0. The van der Waals surface area contributed by atoms with E-state index in [0.717, 1.165) is 0 Å². The van der Waals surface area contributed by atoms with E-state index in [1.54, 1.807) is 0 Å². The SMILES string of the molecule is O=[C]([Co])[Co]. The number of carbonyl (C=O) groups is 1. The van der Waals surface area contributed by atoms with Gasteiger partial charge in [0.1, 0.15) is 0 Å². The molecule has 0 aliphatic heterocycles. The van der Waals surface area contributed by atoms with Crippen molar-refractivity contribution in [3.63, 3.8) is 0 Å². The van der Waals surface area contributed by atoms with Crippen LogP contribution in [0.4, 0.5) is 4.79 Å². The van der Waals surface area contributed by atoms with E-state index in [-0.39, 0.29) is 0 Å². The van der Waals surface area contributed by atoms with E-state index < -0.39 is 3.65 Å². The van der Waals surface area contributed by atoms with Gasteiger partial charge in [0.05, 0.1) is 0 Å². The third-order valence-electron chi connectivity index (χ3n) is 0. The Labute approximate surface area is 40.3 Å². The van der Waals surface area contributed by atoms with Gasteiger partial charge in [0.25, 0.3) is 0 Å². The normalized spacial score (nSPS) is 7.00. The van der Waals surface area contributed by atoms with Gasteiger partial charge in [0.2, 0.25) is 0 Å². The van der Waals surface area contributed by atoms with Crippen LogP contribution in [0.5, 0.6) is 0 Å². The van der Waals surface area contributed by atoms with E-state index in [1.807, 2.05) is 0 Å². The van der Waals surface area contributed by atoms with Gasteiger partial charge >= 0.3 is 39.9 Å². The number of rotatable bonds is 0. The summed E-state index contributed by atoms with van der Waals surface area (Å²) in [6.45, 7) is 0. The third kappa shape index (κ3) is 16.3. The van der Waals surface area contributed by atoms with Crippen molar-refractivity contribution in [2.45, 2.75) is 0 Å². The molecule has 0 N–H and O–H groups in total. The van der Waals surface area contributed by atoms with E-state index in [9.17, 15) is 0 Å². The van der Waals surface area contributed by atoms with Crippen LogP contribution >= 0.6 is 0 Å². The van der Waals surface area contributed by atoms with Crippen molar-refractivity contribution in [2.75, 3.05) is 0 Å². The summed E-state index contributed by atoms with van der Waals surface area (Å²) in [5.74, 6) is 0. The zero-order chi connectivity index (χ0) is 3.58. The Morgan fingerprint density at radius 3 is 1.50 bits per heavy atom. The summed E-state index contributed by atoms with van der Waals surface area (Å²) in [5.41, 5.74) is 0. The van der Waals surface area contributed by atoms with Crippen LogP contribution in [0, 0.1) is 0 Å². The molecule has 0 spiro atoms. The molecule has 0 aromatic rings. The minimum atomic E-state index is -0.458. The molecule has 0 unspecified atom stereocenters. The van der Waals surface area contributed by atoms with Crippen LogP contribution in [-0.2, 0) is 31.5 Å². The molecule has 0 aliphatic rings. The summed E-state index contributed by atoms with van der Waals surface area (Å²) >= 11 is 6.46. The Hall–Kier alpha value is 0.683. The number of hydrogen-bond acceptors (Lipinski definition) is 1. The molecule has 4 heavy (non-hydrogen) atoms. The van der Waals surface area contributed by atoms with E-state index in [1.165, 1.54) is 0 Å². The van der Waals surface area contributed by atoms with Gasteiger partial charge in [-0.2, -0.15) is 0 Å². The molecule has 0 saturated carbocycles. The van der Waals surface area contributed by atoms with Crippen LogP contribution in [0.15, 0.2) is 0 Å². The Bertz CT molecular complexity index is 29.0. The molecule has 0 aromatic heterocycles.